The summed E-state index contributed by atoms with van der Waals surface area (Å²) in [5.41, 5.74) is 1.08. The molecule has 2 heterocycles. The van der Waals surface area contributed by atoms with E-state index in [4.69, 9.17) is 13.9 Å². The predicted octanol–water partition coefficient (Wildman–Crippen LogP) is 2.00. The van der Waals surface area contributed by atoms with E-state index >= 15 is 0 Å². The summed E-state index contributed by atoms with van der Waals surface area (Å²) in [6.45, 7) is 3.46. The Morgan fingerprint density at radius 1 is 1.28 bits per heavy atom. The number of para-hydroxylation sites is 1. The third kappa shape index (κ3) is 2.17. The van der Waals surface area contributed by atoms with Gasteiger partial charge in [-0.1, -0.05) is 12.1 Å². The van der Waals surface area contributed by atoms with Crippen LogP contribution >= 0.6 is 0 Å². The molecule has 0 aliphatic carbocycles. The largest absolute Gasteiger partial charge is 0.454 e. The van der Waals surface area contributed by atoms with Crippen LogP contribution in [0, 0.1) is 6.92 Å². The van der Waals surface area contributed by atoms with Crippen LogP contribution < -0.4 is 14.8 Å². The number of oxazole rings is 1. The molecular formula is C13H14N2O3. The maximum atomic E-state index is 5.44. The molecule has 0 unspecified atom stereocenters. The maximum Gasteiger partial charge on any atom is 0.231 e. The zero-order chi connectivity index (χ0) is 12.4. The van der Waals surface area contributed by atoms with Crippen LogP contribution in [-0.4, -0.2) is 11.8 Å². The molecule has 0 fully saturated rings. The molecule has 2 aromatic rings. The average Bonchev–Trinajstić information content (AvgIpc) is 2.98. The fourth-order valence-electron chi connectivity index (χ4n) is 1.92. The Labute approximate surface area is 105 Å². The monoisotopic (exact) mass is 246 g/mol. The first kappa shape index (κ1) is 11.1. The molecule has 1 aromatic heterocycles. The van der Waals surface area contributed by atoms with Crippen molar-refractivity contribution in [3.63, 3.8) is 0 Å². The molecule has 0 spiro atoms. The Morgan fingerprint density at radius 2 is 2.22 bits per heavy atom. The van der Waals surface area contributed by atoms with E-state index in [-0.39, 0.29) is 0 Å². The lowest BCUT2D eigenvalue weighted by Gasteiger charge is -2.06. The number of aryl methyl sites for hydroxylation is 1. The molecule has 1 N–H and O–H groups in total. The van der Waals surface area contributed by atoms with Crippen molar-refractivity contribution in [3.8, 4) is 11.5 Å². The highest BCUT2D eigenvalue weighted by Gasteiger charge is 2.16. The van der Waals surface area contributed by atoms with Gasteiger partial charge in [-0.3, -0.25) is 0 Å². The minimum Gasteiger partial charge on any atom is -0.454 e. The molecule has 1 aliphatic rings. The molecule has 5 nitrogen and oxygen atoms in total. The van der Waals surface area contributed by atoms with Gasteiger partial charge in [0.2, 0.25) is 12.7 Å². The number of aromatic nitrogens is 1. The summed E-state index contributed by atoms with van der Waals surface area (Å²) in [6.07, 6.45) is 1.72. The predicted molar refractivity (Wildman–Crippen MR) is 64.3 cm³/mol. The number of rotatable bonds is 4. The van der Waals surface area contributed by atoms with Gasteiger partial charge in [0.25, 0.3) is 0 Å². The van der Waals surface area contributed by atoms with Gasteiger partial charge in [0.1, 0.15) is 5.76 Å². The Hall–Kier alpha value is -2.01. The molecule has 3 rings (SSSR count). The second-order valence-electron chi connectivity index (χ2n) is 4.12. The second kappa shape index (κ2) is 4.70. The Bertz CT molecular complexity index is 551. The van der Waals surface area contributed by atoms with Crippen molar-refractivity contribution in [2.24, 2.45) is 0 Å². The minimum atomic E-state index is 0.297. The van der Waals surface area contributed by atoms with Crippen molar-refractivity contribution in [1.29, 1.82) is 0 Å². The van der Waals surface area contributed by atoms with Crippen LogP contribution in [0.15, 0.2) is 28.8 Å². The first-order chi connectivity index (χ1) is 8.83. The lowest BCUT2D eigenvalue weighted by atomic mass is 10.2. The average molecular weight is 246 g/mol. The van der Waals surface area contributed by atoms with Gasteiger partial charge in [-0.15, -0.1) is 0 Å². The smallest absolute Gasteiger partial charge is 0.231 e. The topological polar surface area (TPSA) is 56.5 Å². The fraction of sp³-hybridized carbons (Fsp3) is 0.308. The lowest BCUT2D eigenvalue weighted by molar-refractivity contribution is 0.173. The van der Waals surface area contributed by atoms with Crippen LogP contribution in [0.1, 0.15) is 17.2 Å². The van der Waals surface area contributed by atoms with Crippen molar-refractivity contribution in [2.45, 2.75) is 20.0 Å². The molecule has 1 aliphatic heterocycles. The van der Waals surface area contributed by atoms with Gasteiger partial charge in [0, 0.05) is 12.1 Å². The summed E-state index contributed by atoms with van der Waals surface area (Å²) < 4.78 is 16.1. The van der Waals surface area contributed by atoms with E-state index in [1.165, 1.54) is 0 Å². The van der Waals surface area contributed by atoms with Crippen molar-refractivity contribution < 1.29 is 13.9 Å². The first-order valence-electron chi connectivity index (χ1n) is 5.82. The van der Waals surface area contributed by atoms with Gasteiger partial charge in [-0.25, -0.2) is 4.98 Å². The van der Waals surface area contributed by atoms with E-state index in [2.05, 4.69) is 10.3 Å². The van der Waals surface area contributed by atoms with Crippen molar-refractivity contribution in [3.05, 3.63) is 41.6 Å². The van der Waals surface area contributed by atoms with Gasteiger partial charge < -0.3 is 19.2 Å². The van der Waals surface area contributed by atoms with Crippen LogP contribution in [0.4, 0.5) is 0 Å². The normalized spacial score (nSPS) is 12.9. The summed E-state index contributed by atoms with van der Waals surface area (Å²) in [4.78, 5) is 4.13. The molecule has 5 heteroatoms. The first-order valence-corrected chi connectivity index (χ1v) is 5.82. The number of hydrogen-bond acceptors (Lipinski definition) is 5. The number of nitrogens with one attached hydrogen (secondary N) is 1. The van der Waals surface area contributed by atoms with E-state index < -0.39 is 0 Å². The lowest BCUT2D eigenvalue weighted by Crippen LogP contribution is -2.13. The molecule has 18 heavy (non-hydrogen) atoms. The van der Waals surface area contributed by atoms with E-state index in [0.29, 0.717) is 25.8 Å². The van der Waals surface area contributed by atoms with E-state index in [0.717, 1.165) is 22.8 Å². The Balaban J connectivity index is 1.62. The number of nitrogens with zero attached hydrogens (tertiary/aromatic N) is 1. The molecule has 94 valence electrons. The number of benzene rings is 1. The molecule has 0 saturated heterocycles. The van der Waals surface area contributed by atoms with Crippen LogP contribution in [0.25, 0.3) is 0 Å². The highest BCUT2D eigenvalue weighted by Crippen LogP contribution is 2.35. The van der Waals surface area contributed by atoms with Crippen molar-refractivity contribution in [2.75, 3.05) is 6.79 Å². The van der Waals surface area contributed by atoms with Crippen LogP contribution in [0.5, 0.6) is 11.5 Å². The zero-order valence-corrected chi connectivity index (χ0v) is 10.1. The van der Waals surface area contributed by atoms with E-state index in [1.54, 1.807) is 6.20 Å². The standard InChI is InChI=1S/C13H14N2O3/c1-9-5-15-12(18-9)7-14-6-10-3-2-4-11-13(10)17-8-16-11/h2-5,14H,6-8H2,1H3. The Kier molecular flexibility index (Phi) is 2.90. The third-order valence-corrected chi connectivity index (χ3v) is 2.74. The number of hydrogen-bond donors (Lipinski definition) is 1. The molecule has 1 aromatic carbocycles. The summed E-state index contributed by atoms with van der Waals surface area (Å²) in [5, 5.41) is 3.27. The van der Waals surface area contributed by atoms with Crippen molar-refractivity contribution in [1.82, 2.24) is 10.3 Å². The molecular weight excluding hydrogens is 232 g/mol. The van der Waals surface area contributed by atoms with Gasteiger partial charge in [0.05, 0.1) is 12.7 Å². The van der Waals surface area contributed by atoms with Gasteiger partial charge in [-0.05, 0) is 13.0 Å². The fourth-order valence-corrected chi connectivity index (χ4v) is 1.92. The molecule has 0 atom stereocenters. The van der Waals surface area contributed by atoms with Gasteiger partial charge in [-0.2, -0.15) is 0 Å². The third-order valence-electron chi connectivity index (χ3n) is 2.74. The molecule has 0 amide bonds. The summed E-state index contributed by atoms with van der Waals surface area (Å²) in [6, 6.07) is 5.88. The SMILES string of the molecule is Cc1cnc(CNCc2cccc3c2OCO3)o1. The summed E-state index contributed by atoms with van der Waals surface area (Å²) in [5.74, 6) is 3.15. The van der Waals surface area contributed by atoms with E-state index in [1.807, 2.05) is 25.1 Å². The van der Waals surface area contributed by atoms with Crippen LogP contribution in [0.2, 0.25) is 0 Å². The highest BCUT2D eigenvalue weighted by atomic mass is 16.7. The molecule has 0 saturated carbocycles. The van der Waals surface area contributed by atoms with Crippen LogP contribution in [0.3, 0.4) is 0 Å². The zero-order valence-electron chi connectivity index (χ0n) is 10.1. The van der Waals surface area contributed by atoms with Crippen molar-refractivity contribution >= 4 is 0 Å². The Morgan fingerprint density at radius 3 is 3.06 bits per heavy atom. The quantitative estimate of drug-likeness (QED) is 0.894. The highest BCUT2D eigenvalue weighted by molar-refractivity contribution is 5.48. The number of ether oxygens (including phenoxy) is 2. The minimum absolute atomic E-state index is 0.297. The van der Waals surface area contributed by atoms with Gasteiger partial charge in [0.15, 0.2) is 11.5 Å². The number of fused-ring (bicyclic) bond motifs is 1. The van der Waals surface area contributed by atoms with Crippen LogP contribution in [-0.2, 0) is 13.1 Å². The molecule has 0 radical (unpaired) electrons. The summed E-state index contributed by atoms with van der Waals surface area (Å²) in [7, 11) is 0. The van der Waals surface area contributed by atoms with Gasteiger partial charge >= 0.3 is 0 Å². The second-order valence-corrected chi connectivity index (χ2v) is 4.12. The summed E-state index contributed by atoms with van der Waals surface area (Å²) >= 11 is 0. The van der Waals surface area contributed by atoms with E-state index in [9.17, 15) is 0 Å². The molecule has 0 bridgehead atoms. The maximum absolute atomic E-state index is 5.44.